The third-order valence-corrected chi connectivity index (χ3v) is 6.19. The second kappa shape index (κ2) is 8.43. The standard InChI is InChI=1S/C22H30N4O3/c1-16(18-9-10-18)25(14-17-7-11-19(29-2)12-8-17)21(27)15-26-22(28)24-13-5-3-4-6-20(24)23-26/h7-8,11-12,16,18H,3-6,9-10,13-15H2,1-2H3. The van der Waals surface area contributed by atoms with E-state index >= 15 is 0 Å². The molecule has 2 aromatic rings. The normalized spacial score (nSPS) is 17.3. The quantitative estimate of drug-likeness (QED) is 0.719. The lowest BCUT2D eigenvalue weighted by Crippen LogP contribution is -2.42. The van der Waals surface area contributed by atoms with E-state index in [0.29, 0.717) is 19.0 Å². The molecule has 1 fully saturated rings. The minimum atomic E-state index is -0.154. The van der Waals surface area contributed by atoms with Gasteiger partial charge in [0.25, 0.3) is 0 Å². The number of carbonyl (C=O) groups excluding carboxylic acids is 1. The van der Waals surface area contributed by atoms with Gasteiger partial charge < -0.3 is 9.64 Å². The smallest absolute Gasteiger partial charge is 0.346 e. The van der Waals surface area contributed by atoms with Gasteiger partial charge in [0.15, 0.2) is 0 Å². The van der Waals surface area contributed by atoms with E-state index in [9.17, 15) is 9.59 Å². The molecule has 1 aliphatic heterocycles. The Morgan fingerprint density at radius 2 is 2.00 bits per heavy atom. The lowest BCUT2D eigenvalue weighted by molar-refractivity contribution is -0.135. The Bertz CT molecular complexity index is 911. The predicted octanol–water partition coefficient (Wildman–Crippen LogP) is 2.61. The van der Waals surface area contributed by atoms with Crippen LogP contribution < -0.4 is 10.4 Å². The lowest BCUT2D eigenvalue weighted by atomic mass is 10.1. The largest absolute Gasteiger partial charge is 0.497 e. The maximum Gasteiger partial charge on any atom is 0.346 e. The van der Waals surface area contributed by atoms with Gasteiger partial charge in [-0.25, -0.2) is 9.48 Å². The summed E-state index contributed by atoms with van der Waals surface area (Å²) in [5.41, 5.74) is 0.901. The third kappa shape index (κ3) is 4.38. The lowest BCUT2D eigenvalue weighted by Gasteiger charge is -2.29. The number of hydrogen-bond donors (Lipinski definition) is 0. The molecule has 1 unspecified atom stereocenters. The van der Waals surface area contributed by atoms with E-state index < -0.39 is 0 Å². The van der Waals surface area contributed by atoms with Crippen LogP contribution in [-0.2, 0) is 30.8 Å². The number of hydrogen-bond acceptors (Lipinski definition) is 4. The molecule has 2 heterocycles. The van der Waals surface area contributed by atoms with Crippen molar-refractivity contribution >= 4 is 5.91 Å². The molecule has 0 N–H and O–H groups in total. The van der Waals surface area contributed by atoms with Crippen LogP contribution in [0.5, 0.6) is 5.75 Å². The van der Waals surface area contributed by atoms with Gasteiger partial charge in [-0.05, 0) is 56.2 Å². The van der Waals surface area contributed by atoms with Crippen LogP contribution in [0.3, 0.4) is 0 Å². The van der Waals surface area contributed by atoms with E-state index in [1.165, 1.54) is 4.68 Å². The van der Waals surface area contributed by atoms with Gasteiger partial charge in [0, 0.05) is 25.6 Å². The Labute approximate surface area is 171 Å². The Balaban J connectivity index is 1.53. The zero-order valence-electron chi connectivity index (χ0n) is 17.3. The number of fused-ring (bicyclic) bond motifs is 1. The summed E-state index contributed by atoms with van der Waals surface area (Å²) in [5, 5.41) is 4.49. The highest BCUT2D eigenvalue weighted by molar-refractivity contribution is 5.76. The highest BCUT2D eigenvalue weighted by Crippen LogP contribution is 2.36. The minimum Gasteiger partial charge on any atom is -0.497 e. The van der Waals surface area contributed by atoms with Crippen LogP contribution in [0.4, 0.5) is 0 Å². The summed E-state index contributed by atoms with van der Waals surface area (Å²) >= 11 is 0. The number of aromatic nitrogens is 3. The Kier molecular flexibility index (Phi) is 5.74. The van der Waals surface area contributed by atoms with Crippen LogP contribution in [0.1, 0.15) is 50.4 Å². The average Bonchev–Trinajstić information content (AvgIpc) is 3.56. The van der Waals surface area contributed by atoms with Crippen LogP contribution in [0.25, 0.3) is 0 Å². The molecule has 1 aromatic carbocycles. The molecule has 0 radical (unpaired) electrons. The van der Waals surface area contributed by atoms with Crippen molar-refractivity contribution in [2.45, 2.75) is 71.1 Å². The van der Waals surface area contributed by atoms with Crippen molar-refractivity contribution in [3.8, 4) is 5.75 Å². The first kappa shape index (κ1) is 19.7. The van der Waals surface area contributed by atoms with Crippen molar-refractivity contribution in [1.82, 2.24) is 19.2 Å². The molecule has 0 bridgehead atoms. The molecule has 0 saturated heterocycles. The SMILES string of the molecule is COc1ccc(CN(C(=O)Cn2nc3n(c2=O)CCCCC3)C(C)C2CC2)cc1. The number of carbonyl (C=O) groups is 1. The summed E-state index contributed by atoms with van der Waals surface area (Å²) in [6, 6.07) is 7.96. The van der Waals surface area contributed by atoms with Crippen LogP contribution in [-0.4, -0.2) is 38.3 Å². The van der Waals surface area contributed by atoms with E-state index in [4.69, 9.17) is 4.74 Å². The molecule has 4 rings (SSSR count). The summed E-state index contributed by atoms with van der Waals surface area (Å²) in [5.74, 6) is 2.12. The van der Waals surface area contributed by atoms with Crippen LogP contribution >= 0.6 is 0 Å². The van der Waals surface area contributed by atoms with Gasteiger partial charge in [-0.1, -0.05) is 18.6 Å². The van der Waals surface area contributed by atoms with E-state index in [2.05, 4.69) is 12.0 Å². The van der Waals surface area contributed by atoms with Gasteiger partial charge in [-0.2, -0.15) is 5.10 Å². The summed E-state index contributed by atoms with van der Waals surface area (Å²) in [6.07, 6.45) is 6.29. The summed E-state index contributed by atoms with van der Waals surface area (Å²) < 4.78 is 8.34. The van der Waals surface area contributed by atoms with Gasteiger partial charge in [0.1, 0.15) is 18.1 Å². The Morgan fingerprint density at radius 1 is 1.24 bits per heavy atom. The first-order valence-corrected chi connectivity index (χ1v) is 10.7. The molecule has 1 saturated carbocycles. The Morgan fingerprint density at radius 3 is 2.69 bits per heavy atom. The fraction of sp³-hybridized carbons (Fsp3) is 0.591. The molecule has 29 heavy (non-hydrogen) atoms. The number of aryl methyl sites for hydroxylation is 1. The maximum atomic E-state index is 13.2. The van der Waals surface area contributed by atoms with Crippen molar-refractivity contribution in [3.05, 3.63) is 46.1 Å². The highest BCUT2D eigenvalue weighted by atomic mass is 16.5. The van der Waals surface area contributed by atoms with Gasteiger partial charge in [-0.3, -0.25) is 9.36 Å². The maximum absolute atomic E-state index is 13.2. The molecule has 7 nitrogen and oxygen atoms in total. The second-order valence-electron chi connectivity index (χ2n) is 8.27. The van der Waals surface area contributed by atoms with Crippen LogP contribution in [0.2, 0.25) is 0 Å². The van der Waals surface area contributed by atoms with Crippen LogP contribution in [0, 0.1) is 5.92 Å². The number of rotatable bonds is 7. The molecule has 0 spiro atoms. The molecule has 2 aliphatic rings. The first-order chi connectivity index (χ1) is 14.1. The van der Waals surface area contributed by atoms with Crippen molar-refractivity contribution in [2.24, 2.45) is 5.92 Å². The van der Waals surface area contributed by atoms with Crippen LogP contribution in [0.15, 0.2) is 29.1 Å². The summed E-state index contributed by atoms with van der Waals surface area (Å²) in [6.45, 7) is 3.36. The monoisotopic (exact) mass is 398 g/mol. The number of methoxy groups -OCH3 is 1. The van der Waals surface area contributed by atoms with Crippen molar-refractivity contribution in [2.75, 3.05) is 7.11 Å². The highest BCUT2D eigenvalue weighted by Gasteiger charge is 2.34. The predicted molar refractivity (Wildman–Crippen MR) is 110 cm³/mol. The molecular formula is C22H30N4O3. The molecule has 1 amide bonds. The third-order valence-electron chi connectivity index (χ3n) is 6.19. The topological polar surface area (TPSA) is 69.4 Å². The number of nitrogens with zero attached hydrogens (tertiary/aromatic N) is 4. The molecule has 7 heteroatoms. The molecule has 156 valence electrons. The van der Waals surface area contributed by atoms with Gasteiger partial charge in [-0.15, -0.1) is 0 Å². The molecule has 1 atom stereocenters. The van der Waals surface area contributed by atoms with Gasteiger partial charge in [0.2, 0.25) is 5.91 Å². The number of ether oxygens (including phenoxy) is 1. The zero-order chi connectivity index (χ0) is 20.4. The Hall–Kier alpha value is -2.57. The van der Waals surface area contributed by atoms with E-state index in [1.807, 2.05) is 29.2 Å². The minimum absolute atomic E-state index is 0.00600. The molecule has 1 aromatic heterocycles. The fourth-order valence-corrected chi connectivity index (χ4v) is 4.17. The van der Waals surface area contributed by atoms with Gasteiger partial charge in [0.05, 0.1) is 7.11 Å². The van der Waals surface area contributed by atoms with Crippen molar-refractivity contribution in [1.29, 1.82) is 0 Å². The molecular weight excluding hydrogens is 368 g/mol. The fourth-order valence-electron chi connectivity index (χ4n) is 4.17. The van der Waals surface area contributed by atoms with E-state index in [-0.39, 0.29) is 24.2 Å². The average molecular weight is 399 g/mol. The summed E-state index contributed by atoms with van der Waals surface area (Å²) in [7, 11) is 1.64. The number of amides is 1. The zero-order valence-corrected chi connectivity index (χ0v) is 17.3. The van der Waals surface area contributed by atoms with Crippen molar-refractivity contribution in [3.63, 3.8) is 0 Å². The van der Waals surface area contributed by atoms with Gasteiger partial charge >= 0.3 is 5.69 Å². The van der Waals surface area contributed by atoms with Crippen molar-refractivity contribution < 1.29 is 9.53 Å². The molecule has 1 aliphatic carbocycles. The second-order valence-corrected chi connectivity index (χ2v) is 8.27. The number of benzene rings is 1. The van der Waals surface area contributed by atoms with E-state index in [0.717, 1.165) is 55.7 Å². The first-order valence-electron chi connectivity index (χ1n) is 10.7. The van der Waals surface area contributed by atoms with E-state index in [1.54, 1.807) is 11.7 Å². The summed E-state index contributed by atoms with van der Waals surface area (Å²) in [4.78, 5) is 27.9.